The minimum Gasteiger partial charge on any atom is -0.382 e. The highest BCUT2D eigenvalue weighted by Crippen LogP contribution is 2.23. The molecule has 1 atom stereocenters. The summed E-state index contributed by atoms with van der Waals surface area (Å²) in [5.41, 5.74) is 9.41. The second kappa shape index (κ2) is 5.29. The van der Waals surface area contributed by atoms with Gasteiger partial charge < -0.3 is 15.7 Å². The Morgan fingerprint density at radius 3 is 2.35 bits per heavy atom. The van der Waals surface area contributed by atoms with E-state index in [9.17, 15) is 9.90 Å². The molecule has 4 nitrogen and oxygen atoms in total. The molecule has 0 radical (unpaired) electrons. The molecule has 0 aromatic heterocycles. The Morgan fingerprint density at radius 2 is 1.82 bits per heavy atom. The average Bonchev–Trinajstić information content (AvgIpc) is 2.31. The second-order valence-corrected chi connectivity index (χ2v) is 4.37. The third kappa shape index (κ3) is 2.84. The molecule has 1 aromatic rings. The minimum atomic E-state index is -1.14. The van der Waals surface area contributed by atoms with E-state index in [1.165, 1.54) is 10.5 Å². The Kier molecular flexibility index (Phi) is 4.26. The molecular formula is C13H20N2O2. The van der Waals surface area contributed by atoms with Crippen molar-refractivity contribution >= 4 is 11.6 Å². The lowest BCUT2D eigenvalue weighted by atomic mass is 10.0. The molecule has 0 bridgehead atoms. The highest BCUT2D eigenvalue weighted by molar-refractivity contribution is 5.96. The highest BCUT2D eigenvalue weighted by Gasteiger charge is 2.20. The number of hydrogen-bond acceptors (Lipinski definition) is 3. The third-order valence-electron chi connectivity index (χ3n) is 3.01. The van der Waals surface area contributed by atoms with Gasteiger partial charge in [-0.2, -0.15) is 0 Å². The van der Waals surface area contributed by atoms with Gasteiger partial charge in [0.25, 0.3) is 5.91 Å². The predicted octanol–water partition coefficient (Wildman–Crippen LogP) is 0.894. The van der Waals surface area contributed by atoms with Gasteiger partial charge in [0.15, 0.2) is 0 Å². The Balaban J connectivity index is 3.08. The maximum Gasteiger partial charge on any atom is 0.256 e. The first-order valence-electron chi connectivity index (χ1n) is 5.62. The summed E-state index contributed by atoms with van der Waals surface area (Å²) in [5.74, 6) is -0.376. The predicted molar refractivity (Wildman–Crippen MR) is 69.1 cm³/mol. The number of benzene rings is 1. The summed E-state index contributed by atoms with van der Waals surface area (Å²) >= 11 is 0. The maximum absolute atomic E-state index is 11.8. The van der Waals surface area contributed by atoms with Gasteiger partial charge in [0, 0.05) is 19.3 Å². The highest BCUT2D eigenvalue weighted by atomic mass is 16.3. The van der Waals surface area contributed by atoms with Gasteiger partial charge in [-0.15, -0.1) is 0 Å². The lowest BCUT2D eigenvalue weighted by molar-refractivity contribution is -0.125. The molecule has 17 heavy (non-hydrogen) atoms. The first-order chi connectivity index (χ1) is 7.88. The Labute approximate surface area is 102 Å². The molecule has 1 rings (SSSR count). The fourth-order valence-corrected chi connectivity index (χ4v) is 1.75. The number of nitrogens with zero attached hydrogens (tertiary/aromatic N) is 1. The molecule has 4 heteroatoms. The number of aliphatic hydroxyl groups excluding tert-OH is 1. The summed E-state index contributed by atoms with van der Waals surface area (Å²) in [5, 5.41) is 9.46. The van der Waals surface area contributed by atoms with E-state index in [0.29, 0.717) is 0 Å². The van der Waals surface area contributed by atoms with E-state index < -0.39 is 6.10 Å². The van der Waals surface area contributed by atoms with Crippen molar-refractivity contribution in [1.29, 1.82) is 0 Å². The van der Waals surface area contributed by atoms with Crippen LogP contribution in [-0.2, 0) is 4.79 Å². The summed E-state index contributed by atoms with van der Waals surface area (Å²) in [7, 11) is 1.65. The third-order valence-corrected chi connectivity index (χ3v) is 3.01. The molecule has 0 aliphatic carbocycles. The molecule has 0 saturated carbocycles. The largest absolute Gasteiger partial charge is 0.382 e. The van der Waals surface area contributed by atoms with Crippen LogP contribution in [0.25, 0.3) is 0 Å². The van der Waals surface area contributed by atoms with Crippen LogP contribution in [-0.4, -0.2) is 30.7 Å². The first-order valence-corrected chi connectivity index (χ1v) is 5.62. The van der Waals surface area contributed by atoms with Crippen molar-refractivity contribution in [3.05, 3.63) is 28.8 Å². The van der Waals surface area contributed by atoms with Crippen molar-refractivity contribution < 1.29 is 9.90 Å². The molecule has 1 aromatic carbocycles. The molecule has 3 N–H and O–H groups in total. The van der Waals surface area contributed by atoms with Crippen molar-refractivity contribution in [2.24, 2.45) is 5.73 Å². The van der Waals surface area contributed by atoms with E-state index in [1.807, 2.05) is 32.9 Å². The van der Waals surface area contributed by atoms with Crippen molar-refractivity contribution in [3.8, 4) is 0 Å². The smallest absolute Gasteiger partial charge is 0.256 e. The molecular weight excluding hydrogens is 216 g/mol. The van der Waals surface area contributed by atoms with Crippen LogP contribution >= 0.6 is 0 Å². The summed E-state index contributed by atoms with van der Waals surface area (Å²) in [6.45, 7) is 5.91. The van der Waals surface area contributed by atoms with E-state index in [4.69, 9.17) is 5.73 Å². The van der Waals surface area contributed by atoms with Gasteiger partial charge in [0.1, 0.15) is 6.10 Å². The van der Waals surface area contributed by atoms with Crippen LogP contribution < -0.4 is 10.6 Å². The molecule has 0 aliphatic rings. The number of nitrogens with two attached hydrogens (primary N) is 1. The van der Waals surface area contributed by atoms with Crippen LogP contribution in [0.15, 0.2) is 12.1 Å². The van der Waals surface area contributed by atoms with Gasteiger partial charge in [0.05, 0.1) is 0 Å². The topological polar surface area (TPSA) is 66.6 Å². The zero-order valence-electron chi connectivity index (χ0n) is 10.8. The van der Waals surface area contributed by atoms with Gasteiger partial charge in [-0.3, -0.25) is 4.79 Å². The van der Waals surface area contributed by atoms with Crippen LogP contribution in [0.2, 0.25) is 0 Å². The second-order valence-electron chi connectivity index (χ2n) is 4.37. The van der Waals surface area contributed by atoms with Crippen LogP contribution in [0, 0.1) is 20.8 Å². The van der Waals surface area contributed by atoms with Crippen molar-refractivity contribution in [1.82, 2.24) is 0 Å². The lowest BCUT2D eigenvalue weighted by Crippen LogP contribution is -2.40. The standard InChI is InChI=1S/C13H20N2O2/c1-8-5-10(3)11(6-9(8)2)15(4)13(17)12(16)7-14/h5-6,12,16H,7,14H2,1-4H3. The number of aliphatic hydroxyl groups is 1. The number of carbonyl (C=O) groups excluding carboxylic acids is 1. The Hall–Kier alpha value is -1.39. The van der Waals surface area contributed by atoms with Crippen molar-refractivity contribution in [2.75, 3.05) is 18.5 Å². The molecule has 94 valence electrons. The van der Waals surface area contributed by atoms with Gasteiger partial charge in [0.2, 0.25) is 0 Å². The van der Waals surface area contributed by atoms with Crippen molar-refractivity contribution in [2.45, 2.75) is 26.9 Å². The van der Waals surface area contributed by atoms with E-state index in [0.717, 1.165) is 16.8 Å². The number of likely N-dealkylation sites (N-methyl/N-ethyl adjacent to an activating group) is 1. The first kappa shape index (κ1) is 13.7. The fraction of sp³-hybridized carbons (Fsp3) is 0.462. The molecule has 1 unspecified atom stereocenters. The molecule has 0 heterocycles. The van der Waals surface area contributed by atoms with Crippen LogP contribution in [0.3, 0.4) is 0 Å². The van der Waals surface area contributed by atoms with Crippen molar-refractivity contribution in [3.63, 3.8) is 0 Å². The summed E-state index contributed by atoms with van der Waals surface area (Å²) in [6.07, 6.45) is -1.14. The van der Waals surface area contributed by atoms with Crippen LogP contribution in [0.4, 0.5) is 5.69 Å². The molecule has 0 aliphatic heterocycles. The summed E-state index contributed by atoms with van der Waals surface area (Å²) < 4.78 is 0. The van der Waals surface area contributed by atoms with Gasteiger partial charge in [-0.25, -0.2) is 0 Å². The zero-order chi connectivity index (χ0) is 13.2. The Bertz CT molecular complexity index is 430. The van der Waals surface area contributed by atoms with E-state index in [1.54, 1.807) is 7.05 Å². The molecule has 0 spiro atoms. The minimum absolute atomic E-state index is 0.0624. The fourth-order valence-electron chi connectivity index (χ4n) is 1.75. The number of rotatable bonds is 3. The number of anilines is 1. The van der Waals surface area contributed by atoms with E-state index in [-0.39, 0.29) is 12.5 Å². The molecule has 1 amide bonds. The van der Waals surface area contributed by atoms with Crippen LogP contribution in [0.1, 0.15) is 16.7 Å². The average molecular weight is 236 g/mol. The van der Waals surface area contributed by atoms with Gasteiger partial charge >= 0.3 is 0 Å². The lowest BCUT2D eigenvalue weighted by Gasteiger charge is -2.23. The maximum atomic E-state index is 11.8. The zero-order valence-corrected chi connectivity index (χ0v) is 10.8. The van der Waals surface area contributed by atoms with E-state index in [2.05, 4.69) is 0 Å². The summed E-state index contributed by atoms with van der Waals surface area (Å²) in [6, 6.07) is 3.98. The monoisotopic (exact) mass is 236 g/mol. The summed E-state index contributed by atoms with van der Waals surface area (Å²) in [4.78, 5) is 13.3. The molecule has 0 saturated heterocycles. The Morgan fingerprint density at radius 1 is 1.29 bits per heavy atom. The van der Waals surface area contributed by atoms with E-state index >= 15 is 0 Å². The quantitative estimate of drug-likeness (QED) is 0.819. The number of hydrogen-bond donors (Lipinski definition) is 2. The number of aryl methyl sites for hydroxylation is 3. The molecule has 0 fully saturated rings. The van der Waals surface area contributed by atoms with Crippen LogP contribution in [0.5, 0.6) is 0 Å². The van der Waals surface area contributed by atoms with Gasteiger partial charge in [-0.1, -0.05) is 6.07 Å². The van der Waals surface area contributed by atoms with Gasteiger partial charge in [-0.05, 0) is 43.5 Å². The SMILES string of the molecule is Cc1cc(C)c(N(C)C(=O)C(O)CN)cc1C. The number of carbonyl (C=O) groups is 1. The number of amides is 1. The normalized spacial score (nSPS) is 12.4.